The van der Waals surface area contributed by atoms with Gasteiger partial charge in [-0.25, -0.2) is 14.2 Å². The van der Waals surface area contributed by atoms with Gasteiger partial charge in [0.15, 0.2) is 11.5 Å². The Morgan fingerprint density at radius 1 is 1.21 bits per heavy atom. The minimum atomic E-state index is -0.457. The summed E-state index contributed by atoms with van der Waals surface area (Å²) in [6.07, 6.45) is 1.66. The van der Waals surface area contributed by atoms with E-state index in [1.165, 1.54) is 23.5 Å². The Morgan fingerprint density at radius 2 is 2.00 bits per heavy atom. The van der Waals surface area contributed by atoms with Crippen LogP contribution < -0.4 is 9.47 Å². The number of hydrogen-bond acceptors (Lipinski definition) is 6. The monoisotopic (exact) mass is 397 g/mol. The van der Waals surface area contributed by atoms with Crippen LogP contribution in [-0.4, -0.2) is 25.6 Å². The van der Waals surface area contributed by atoms with Crippen LogP contribution in [0.5, 0.6) is 11.5 Å². The number of nitrogens with zero attached hydrogens (tertiary/aromatic N) is 1. The second kappa shape index (κ2) is 7.82. The quantitative estimate of drug-likeness (QED) is 0.438. The normalized spacial score (nSPS) is 12.5. The van der Waals surface area contributed by atoms with Crippen molar-refractivity contribution in [1.29, 1.82) is 0 Å². The lowest BCUT2D eigenvalue weighted by Gasteiger charge is -2.06. The molecule has 5 nitrogen and oxygen atoms in total. The molecule has 0 spiro atoms. The lowest BCUT2D eigenvalue weighted by Crippen LogP contribution is -2.05. The van der Waals surface area contributed by atoms with E-state index in [1.807, 2.05) is 23.6 Å². The summed E-state index contributed by atoms with van der Waals surface area (Å²) in [7, 11) is 0. The number of hydrogen-bond donors (Lipinski definition) is 0. The van der Waals surface area contributed by atoms with Crippen LogP contribution in [0.15, 0.2) is 52.8 Å². The predicted molar refractivity (Wildman–Crippen MR) is 105 cm³/mol. The first-order valence-corrected chi connectivity index (χ1v) is 9.52. The molecule has 0 amide bonds. The molecule has 1 aliphatic heterocycles. The van der Waals surface area contributed by atoms with Crippen molar-refractivity contribution in [2.45, 2.75) is 6.92 Å². The first-order valence-electron chi connectivity index (χ1n) is 8.64. The number of fused-ring (bicyclic) bond motifs is 1. The molecule has 0 atom stereocenters. The molecular formula is C21H16FNO4S. The van der Waals surface area contributed by atoms with Crippen LogP contribution in [0.2, 0.25) is 0 Å². The molecule has 0 bridgehead atoms. The number of thiophene rings is 1. The van der Waals surface area contributed by atoms with Crippen LogP contribution in [0.4, 0.5) is 9.39 Å². The predicted octanol–water partition coefficient (Wildman–Crippen LogP) is 5.21. The average Bonchev–Trinajstić information content (AvgIpc) is 3.33. The first kappa shape index (κ1) is 18.2. The molecule has 2 heterocycles. The standard InChI is InChI=1S/C21H16FNO4S/c1-2-25-21(24)19-16(14-4-6-15(22)7-5-14)11-28-20(19)23-10-13-3-8-17-18(9-13)27-12-26-17/h3-11H,2,12H2,1H3. The molecule has 0 saturated heterocycles. The van der Waals surface area contributed by atoms with E-state index in [0.717, 1.165) is 11.1 Å². The maximum Gasteiger partial charge on any atom is 0.341 e. The van der Waals surface area contributed by atoms with Crippen molar-refractivity contribution in [3.63, 3.8) is 0 Å². The zero-order valence-electron chi connectivity index (χ0n) is 15.0. The fourth-order valence-electron chi connectivity index (χ4n) is 2.81. The molecule has 0 fully saturated rings. The Kier molecular flexibility index (Phi) is 5.08. The summed E-state index contributed by atoms with van der Waals surface area (Å²) >= 11 is 1.33. The zero-order valence-corrected chi connectivity index (χ0v) is 15.8. The van der Waals surface area contributed by atoms with E-state index in [4.69, 9.17) is 14.2 Å². The molecule has 142 valence electrons. The van der Waals surface area contributed by atoms with Gasteiger partial charge < -0.3 is 14.2 Å². The number of rotatable bonds is 5. The van der Waals surface area contributed by atoms with Gasteiger partial charge in [0.25, 0.3) is 0 Å². The summed E-state index contributed by atoms with van der Waals surface area (Å²) in [6, 6.07) is 11.5. The van der Waals surface area contributed by atoms with Crippen molar-refractivity contribution in [3.05, 3.63) is 64.8 Å². The van der Waals surface area contributed by atoms with Gasteiger partial charge >= 0.3 is 5.97 Å². The van der Waals surface area contributed by atoms with E-state index in [0.29, 0.717) is 27.6 Å². The van der Waals surface area contributed by atoms with Crippen LogP contribution in [0.1, 0.15) is 22.8 Å². The fraction of sp³-hybridized carbons (Fsp3) is 0.143. The van der Waals surface area contributed by atoms with Crippen molar-refractivity contribution >= 4 is 28.5 Å². The Bertz CT molecular complexity index is 1040. The van der Waals surface area contributed by atoms with Gasteiger partial charge in [0.05, 0.1) is 6.61 Å². The molecule has 28 heavy (non-hydrogen) atoms. The molecule has 3 aromatic rings. The molecule has 0 N–H and O–H groups in total. The van der Waals surface area contributed by atoms with Gasteiger partial charge in [-0.3, -0.25) is 0 Å². The third-order valence-electron chi connectivity index (χ3n) is 4.13. The summed E-state index contributed by atoms with van der Waals surface area (Å²) in [5, 5.41) is 2.35. The molecule has 0 aliphatic carbocycles. The third kappa shape index (κ3) is 3.61. The molecule has 7 heteroatoms. The van der Waals surface area contributed by atoms with Crippen LogP contribution >= 0.6 is 11.3 Å². The van der Waals surface area contributed by atoms with Crippen LogP contribution in [0, 0.1) is 5.82 Å². The van der Waals surface area contributed by atoms with E-state index < -0.39 is 5.97 Å². The smallest absolute Gasteiger partial charge is 0.341 e. The highest BCUT2D eigenvalue weighted by molar-refractivity contribution is 7.14. The van der Waals surface area contributed by atoms with Crippen LogP contribution in [-0.2, 0) is 4.74 Å². The zero-order chi connectivity index (χ0) is 19.5. The Balaban J connectivity index is 1.70. The van der Waals surface area contributed by atoms with Crippen molar-refractivity contribution in [1.82, 2.24) is 0 Å². The lowest BCUT2D eigenvalue weighted by atomic mass is 10.0. The van der Waals surface area contributed by atoms with Gasteiger partial charge in [-0.1, -0.05) is 12.1 Å². The van der Waals surface area contributed by atoms with E-state index in [-0.39, 0.29) is 19.2 Å². The second-order valence-corrected chi connectivity index (χ2v) is 6.79. The molecular weight excluding hydrogens is 381 g/mol. The van der Waals surface area contributed by atoms with Crippen molar-refractivity contribution in [2.75, 3.05) is 13.4 Å². The molecule has 4 rings (SSSR count). The van der Waals surface area contributed by atoms with Gasteiger partial charge in [-0.05, 0) is 48.4 Å². The van der Waals surface area contributed by atoms with E-state index in [9.17, 15) is 9.18 Å². The van der Waals surface area contributed by atoms with Gasteiger partial charge in [0, 0.05) is 17.2 Å². The highest BCUT2D eigenvalue weighted by Gasteiger charge is 2.21. The summed E-state index contributed by atoms with van der Waals surface area (Å²) in [6.45, 7) is 2.20. The molecule has 2 aromatic carbocycles. The number of carbonyl (C=O) groups is 1. The third-order valence-corrected chi connectivity index (χ3v) is 5.02. The highest BCUT2D eigenvalue weighted by atomic mass is 32.1. The number of esters is 1. The van der Waals surface area contributed by atoms with Crippen molar-refractivity contribution in [2.24, 2.45) is 4.99 Å². The van der Waals surface area contributed by atoms with Gasteiger partial charge in [-0.2, -0.15) is 0 Å². The minimum absolute atomic E-state index is 0.203. The average molecular weight is 397 g/mol. The van der Waals surface area contributed by atoms with Crippen molar-refractivity contribution < 1.29 is 23.4 Å². The Hall–Kier alpha value is -3.19. The summed E-state index contributed by atoms with van der Waals surface area (Å²) in [5.41, 5.74) is 2.58. The van der Waals surface area contributed by atoms with E-state index in [2.05, 4.69) is 4.99 Å². The number of aliphatic imine (C=N–C) groups is 1. The van der Waals surface area contributed by atoms with Gasteiger partial charge in [0.2, 0.25) is 6.79 Å². The summed E-state index contributed by atoms with van der Waals surface area (Å²) in [5.74, 6) is 0.561. The molecule has 0 unspecified atom stereocenters. The maximum atomic E-state index is 13.3. The van der Waals surface area contributed by atoms with E-state index >= 15 is 0 Å². The number of halogens is 1. The Labute approximate surface area is 165 Å². The molecule has 1 aliphatic rings. The van der Waals surface area contributed by atoms with Crippen molar-refractivity contribution in [3.8, 4) is 22.6 Å². The Morgan fingerprint density at radius 3 is 2.79 bits per heavy atom. The fourth-order valence-corrected chi connectivity index (χ4v) is 3.72. The SMILES string of the molecule is CCOC(=O)c1c(-c2ccc(F)cc2)csc1N=Cc1ccc2c(c1)OCO2. The second-order valence-electron chi connectivity index (χ2n) is 5.93. The minimum Gasteiger partial charge on any atom is -0.462 e. The number of benzene rings is 2. The largest absolute Gasteiger partial charge is 0.462 e. The lowest BCUT2D eigenvalue weighted by molar-refractivity contribution is 0.0529. The number of ether oxygens (including phenoxy) is 3. The van der Waals surface area contributed by atoms with E-state index in [1.54, 1.807) is 25.3 Å². The molecule has 0 saturated carbocycles. The van der Waals surface area contributed by atoms with Gasteiger partial charge in [0.1, 0.15) is 16.4 Å². The topological polar surface area (TPSA) is 57.1 Å². The molecule has 0 radical (unpaired) electrons. The maximum absolute atomic E-state index is 13.3. The van der Waals surface area contributed by atoms with Crippen LogP contribution in [0.3, 0.4) is 0 Å². The number of carbonyl (C=O) groups excluding carboxylic acids is 1. The summed E-state index contributed by atoms with van der Waals surface area (Å²) in [4.78, 5) is 17.0. The molecule has 1 aromatic heterocycles. The van der Waals surface area contributed by atoms with Gasteiger partial charge in [-0.15, -0.1) is 11.3 Å². The summed E-state index contributed by atoms with van der Waals surface area (Å²) < 4.78 is 29.1. The highest BCUT2D eigenvalue weighted by Crippen LogP contribution is 2.38. The van der Waals surface area contributed by atoms with Crippen LogP contribution in [0.25, 0.3) is 11.1 Å². The first-order chi connectivity index (χ1) is 13.7.